The maximum Gasteiger partial charge on any atom is 0.256 e. The topological polar surface area (TPSA) is 8.81 Å². The Kier molecular flexibility index (Phi) is 22.9. The lowest BCUT2D eigenvalue weighted by molar-refractivity contribution is -0.704. The van der Waals surface area contributed by atoms with E-state index in [0.29, 0.717) is 0 Å². The molecule has 0 amide bonds. The van der Waals surface area contributed by atoms with Gasteiger partial charge < -0.3 is 0 Å². The lowest BCUT2D eigenvalue weighted by Crippen LogP contribution is -2.37. The van der Waals surface area contributed by atoms with E-state index in [-0.39, 0.29) is 0 Å². The highest BCUT2D eigenvalue weighted by atomic mass is 15.1. The average molecular weight is 490 g/mol. The highest BCUT2D eigenvalue weighted by Gasteiger charge is 2.16. The maximum absolute atomic E-state index is 2.59. The molecule has 2 nitrogen and oxygen atoms in total. The molecule has 1 aromatic heterocycles. The van der Waals surface area contributed by atoms with Crippen molar-refractivity contribution in [2.24, 2.45) is 0 Å². The Bertz CT molecular complexity index is 547. The predicted molar refractivity (Wildman–Crippen MR) is 156 cm³/mol. The van der Waals surface area contributed by atoms with Gasteiger partial charge in [0.15, 0.2) is 0 Å². The molecule has 0 atom stereocenters. The van der Waals surface area contributed by atoms with Crippen molar-refractivity contribution in [1.82, 2.24) is 4.57 Å². The van der Waals surface area contributed by atoms with Gasteiger partial charge in [0.25, 0.3) is 5.82 Å². The van der Waals surface area contributed by atoms with E-state index in [2.05, 4.69) is 42.3 Å². The fraction of sp³-hybridized carbons (Fsp3) is 0.909. The molecule has 0 unspecified atom stereocenters. The van der Waals surface area contributed by atoms with Gasteiger partial charge in [-0.05, 0) is 32.1 Å². The summed E-state index contributed by atoms with van der Waals surface area (Å²) in [5.41, 5.74) is 0. The first kappa shape index (κ1) is 32.2. The summed E-state index contributed by atoms with van der Waals surface area (Å²) in [4.78, 5) is 0. The molecular weight excluding hydrogens is 424 g/mol. The number of hydrogen-bond acceptors (Lipinski definition) is 0. The van der Waals surface area contributed by atoms with Gasteiger partial charge in [0.2, 0.25) is 0 Å². The summed E-state index contributed by atoms with van der Waals surface area (Å²) in [6, 6.07) is 0. The standard InChI is InChI=1S/C33H65N2/c1-4-7-10-12-14-16-18-19-21-23-25-27-30-35-32-31-34(33(35)28-9-6-3)29-26-24-22-20-17-15-13-11-8-5-2/h31-32H,4-30H2,1-3H3/q+1. The van der Waals surface area contributed by atoms with E-state index in [9.17, 15) is 0 Å². The van der Waals surface area contributed by atoms with Crippen LogP contribution in [-0.4, -0.2) is 4.57 Å². The Balaban J connectivity index is 2.14. The van der Waals surface area contributed by atoms with Crippen LogP contribution in [0, 0.1) is 0 Å². The number of rotatable bonds is 27. The second-order valence-corrected chi connectivity index (χ2v) is 11.3. The molecule has 0 radical (unpaired) electrons. The smallest absolute Gasteiger partial charge is 0.234 e. The van der Waals surface area contributed by atoms with Crippen molar-refractivity contribution < 1.29 is 4.57 Å². The van der Waals surface area contributed by atoms with Crippen LogP contribution in [0.2, 0.25) is 0 Å². The quantitative estimate of drug-likeness (QED) is 0.0858. The summed E-state index contributed by atoms with van der Waals surface area (Å²) in [5, 5.41) is 0. The van der Waals surface area contributed by atoms with Crippen molar-refractivity contribution in [2.75, 3.05) is 0 Å². The summed E-state index contributed by atoms with van der Waals surface area (Å²) in [7, 11) is 0. The van der Waals surface area contributed by atoms with Gasteiger partial charge in [-0.1, -0.05) is 143 Å². The van der Waals surface area contributed by atoms with E-state index in [0.717, 1.165) is 0 Å². The van der Waals surface area contributed by atoms with Crippen molar-refractivity contribution in [1.29, 1.82) is 0 Å². The van der Waals surface area contributed by atoms with Crippen molar-refractivity contribution >= 4 is 0 Å². The van der Waals surface area contributed by atoms with Crippen LogP contribution in [0.15, 0.2) is 12.4 Å². The van der Waals surface area contributed by atoms with Gasteiger partial charge in [0.1, 0.15) is 12.4 Å². The number of imidazole rings is 1. The van der Waals surface area contributed by atoms with Crippen LogP contribution in [0.25, 0.3) is 0 Å². The highest BCUT2D eigenvalue weighted by Crippen LogP contribution is 2.14. The lowest BCUT2D eigenvalue weighted by Gasteiger charge is -2.06. The van der Waals surface area contributed by atoms with Crippen LogP contribution in [-0.2, 0) is 19.5 Å². The number of aromatic nitrogens is 2. The van der Waals surface area contributed by atoms with Crippen molar-refractivity contribution in [3.8, 4) is 0 Å². The average Bonchev–Trinajstić information content (AvgIpc) is 3.25. The summed E-state index contributed by atoms with van der Waals surface area (Å²) >= 11 is 0. The van der Waals surface area contributed by atoms with Gasteiger partial charge in [0, 0.05) is 6.42 Å². The van der Waals surface area contributed by atoms with E-state index < -0.39 is 0 Å². The Morgan fingerprint density at radius 1 is 0.486 bits per heavy atom. The predicted octanol–water partition coefficient (Wildman–Crippen LogP) is 10.7. The molecule has 0 aliphatic heterocycles. The first-order valence-corrected chi connectivity index (χ1v) is 16.4. The zero-order valence-electron chi connectivity index (χ0n) is 24.6. The molecule has 0 saturated heterocycles. The van der Waals surface area contributed by atoms with E-state index >= 15 is 0 Å². The molecule has 2 heteroatoms. The number of hydrogen-bond donors (Lipinski definition) is 0. The monoisotopic (exact) mass is 490 g/mol. The van der Waals surface area contributed by atoms with E-state index in [1.807, 2.05) is 0 Å². The molecule has 0 fully saturated rings. The van der Waals surface area contributed by atoms with Crippen LogP contribution in [0.4, 0.5) is 0 Å². The fourth-order valence-corrected chi connectivity index (χ4v) is 5.42. The van der Waals surface area contributed by atoms with Crippen LogP contribution in [0.3, 0.4) is 0 Å². The van der Waals surface area contributed by atoms with Crippen molar-refractivity contribution in [3.05, 3.63) is 18.2 Å². The summed E-state index contributed by atoms with van der Waals surface area (Å²) in [6.07, 6.45) is 40.0. The van der Waals surface area contributed by atoms with Crippen LogP contribution >= 0.6 is 0 Å². The number of aryl methyl sites for hydroxylation is 2. The lowest BCUT2D eigenvalue weighted by atomic mass is 10.1. The molecule has 0 spiro atoms. The van der Waals surface area contributed by atoms with Gasteiger partial charge in [-0.3, -0.25) is 0 Å². The molecule has 0 aliphatic carbocycles. The van der Waals surface area contributed by atoms with Gasteiger partial charge in [-0.15, -0.1) is 0 Å². The molecule has 1 aromatic rings. The second kappa shape index (κ2) is 24.9. The maximum atomic E-state index is 2.59. The first-order valence-electron chi connectivity index (χ1n) is 16.4. The third kappa shape index (κ3) is 18.2. The van der Waals surface area contributed by atoms with E-state index in [1.165, 1.54) is 174 Å². The van der Waals surface area contributed by atoms with Gasteiger partial charge in [-0.25, -0.2) is 9.13 Å². The summed E-state index contributed by atoms with van der Waals surface area (Å²) < 4.78 is 5.17. The van der Waals surface area contributed by atoms with Crippen LogP contribution in [0.1, 0.15) is 181 Å². The SMILES string of the molecule is CCCCCCCCCCCCCC[n+]1ccn(CCCCCCCCCCCC)c1CCCC. The molecule has 0 bridgehead atoms. The minimum atomic E-state index is 1.22. The minimum absolute atomic E-state index is 1.22. The highest BCUT2D eigenvalue weighted by molar-refractivity contribution is 4.84. The zero-order chi connectivity index (χ0) is 25.2. The zero-order valence-corrected chi connectivity index (χ0v) is 24.6. The molecule has 0 aliphatic rings. The van der Waals surface area contributed by atoms with E-state index in [4.69, 9.17) is 0 Å². The molecule has 206 valence electrons. The third-order valence-corrected chi connectivity index (χ3v) is 7.85. The Labute approximate surface area is 221 Å². The molecule has 0 saturated carbocycles. The minimum Gasteiger partial charge on any atom is -0.234 e. The molecular formula is C33H65N2+. The largest absolute Gasteiger partial charge is 0.256 e. The Morgan fingerprint density at radius 2 is 0.886 bits per heavy atom. The summed E-state index contributed by atoms with van der Waals surface area (Å²) in [5.74, 6) is 1.59. The number of unbranched alkanes of at least 4 members (excludes halogenated alkanes) is 21. The number of nitrogens with zero attached hydrogens (tertiary/aromatic N) is 2. The van der Waals surface area contributed by atoms with Crippen molar-refractivity contribution in [3.63, 3.8) is 0 Å². The Hall–Kier alpha value is -0.790. The van der Waals surface area contributed by atoms with Crippen LogP contribution < -0.4 is 4.57 Å². The second-order valence-electron chi connectivity index (χ2n) is 11.3. The Morgan fingerprint density at radius 3 is 1.34 bits per heavy atom. The first-order chi connectivity index (χ1) is 17.3. The molecule has 0 N–H and O–H groups in total. The third-order valence-electron chi connectivity index (χ3n) is 7.85. The fourth-order valence-electron chi connectivity index (χ4n) is 5.42. The molecule has 0 aromatic carbocycles. The van der Waals surface area contributed by atoms with Crippen LogP contribution in [0.5, 0.6) is 0 Å². The van der Waals surface area contributed by atoms with Gasteiger partial charge >= 0.3 is 0 Å². The molecule has 1 heterocycles. The van der Waals surface area contributed by atoms with Gasteiger partial charge in [0.05, 0.1) is 13.1 Å². The van der Waals surface area contributed by atoms with Gasteiger partial charge in [-0.2, -0.15) is 0 Å². The van der Waals surface area contributed by atoms with E-state index in [1.54, 1.807) is 5.82 Å². The van der Waals surface area contributed by atoms with Crippen molar-refractivity contribution in [2.45, 2.75) is 194 Å². The molecule has 1 rings (SSSR count). The normalized spacial score (nSPS) is 11.5. The molecule has 35 heavy (non-hydrogen) atoms. The summed E-state index contributed by atoms with van der Waals surface area (Å²) in [6.45, 7) is 9.38.